The second-order valence-corrected chi connectivity index (χ2v) is 8.05. The van der Waals surface area contributed by atoms with E-state index in [9.17, 15) is 0 Å². The zero-order valence-electron chi connectivity index (χ0n) is 16.4. The number of aromatic nitrogens is 1. The molecular weight excluding hydrogens is 372 g/mol. The van der Waals surface area contributed by atoms with Gasteiger partial charge in [0.1, 0.15) is 17.3 Å². The fourth-order valence-electron chi connectivity index (χ4n) is 3.63. The SMILES string of the molecule is COc1cccc(OC[C@H]2CCCN(Cc3nc(-c4ccsc4)oc3C)C2)c1. The normalized spacial score (nSPS) is 17.6. The molecule has 4 rings (SSSR count). The summed E-state index contributed by atoms with van der Waals surface area (Å²) in [4.78, 5) is 7.20. The lowest BCUT2D eigenvalue weighted by molar-refractivity contribution is 0.123. The molecule has 0 unspecified atom stereocenters. The van der Waals surface area contributed by atoms with Crippen molar-refractivity contribution in [3.63, 3.8) is 0 Å². The number of likely N-dealkylation sites (tertiary alicyclic amines) is 1. The average Bonchev–Trinajstić information content (AvgIpc) is 3.37. The summed E-state index contributed by atoms with van der Waals surface area (Å²) in [6, 6.07) is 9.85. The van der Waals surface area contributed by atoms with Crippen LogP contribution in [-0.2, 0) is 6.54 Å². The molecule has 1 saturated heterocycles. The number of ether oxygens (including phenoxy) is 2. The van der Waals surface area contributed by atoms with Gasteiger partial charge < -0.3 is 13.9 Å². The molecule has 148 valence electrons. The van der Waals surface area contributed by atoms with Crippen molar-refractivity contribution in [2.45, 2.75) is 26.3 Å². The van der Waals surface area contributed by atoms with Crippen molar-refractivity contribution in [2.24, 2.45) is 5.92 Å². The summed E-state index contributed by atoms with van der Waals surface area (Å²) in [6.07, 6.45) is 2.37. The van der Waals surface area contributed by atoms with Crippen molar-refractivity contribution >= 4 is 11.3 Å². The van der Waals surface area contributed by atoms with E-state index < -0.39 is 0 Å². The highest BCUT2D eigenvalue weighted by Crippen LogP contribution is 2.26. The van der Waals surface area contributed by atoms with E-state index in [0.717, 1.165) is 60.6 Å². The first-order valence-corrected chi connectivity index (χ1v) is 10.6. The van der Waals surface area contributed by atoms with Crippen molar-refractivity contribution in [1.29, 1.82) is 0 Å². The van der Waals surface area contributed by atoms with Crippen LogP contribution in [0.5, 0.6) is 11.5 Å². The molecule has 0 aliphatic carbocycles. The summed E-state index contributed by atoms with van der Waals surface area (Å²) in [5.41, 5.74) is 2.10. The van der Waals surface area contributed by atoms with Crippen LogP contribution in [0, 0.1) is 12.8 Å². The highest BCUT2D eigenvalue weighted by Gasteiger charge is 2.23. The Bertz CT molecular complexity index is 891. The lowest BCUT2D eigenvalue weighted by Crippen LogP contribution is -2.37. The van der Waals surface area contributed by atoms with Crippen molar-refractivity contribution < 1.29 is 13.9 Å². The number of hydrogen-bond donors (Lipinski definition) is 0. The standard InChI is InChI=1S/C22H26N2O3S/c1-16-21(23-22(27-16)18-8-10-28-15-18)13-24-9-4-5-17(12-24)14-26-20-7-3-6-19(11-20)25-2/h3,6-8,10-11,15,17H,4-5,9,12-14H2,1-2H3/t17-/m0/s1. The molecule has 0 spiro atoms. The van der Waals surface area contributed by atoms with E-state index >= 15 is 0 Å². The average molecular weight is 399 g/mol. The Morgan fingerprint density at radius 3 is 3.00 bits per heavy atom. The van der Waals surface area contributed by atoms with Crippen molar-refractivity contribution in [3.05, 3.63) is 52.5 Å². The van der Waals surface area contributed by atoms with Gasteiger partial charge in [0.2, 0.25) is 5.89 Å². The summed E-state index contributed by atoms with van der Waals surface area (Å²) >= 11 is 1.66. The zero-order valence-corrected chi connectivity index (χ0v) is 17.2. The van der Waals surface area contributed by atoms with Gasteiger partial charge in [-0.25, -0.2) is 4.98 Å². The number of hydrogen-bond acceptors (Lipinski definition) is 6. The molecule has 1 aliphatic heterocycles. The van der Waals surface area contributed by atoms with Crippen LogP contribution >= 0.6 is 11.3 Å². The minimum absolute atomic E-state index is 0.517. The Kier molecular flexibility index (Phi) is 5.98. The second-order valence-electron chi connectivity index (χ2n) is 7.27. The maximum Gasteiger partial charge on any atom is 0.227 e. The van der Waals surface area contributed by atoms with Gasteiger partial charge in [0, 0.05) is 36.0 Å². The van der Waals surface area contributed by atoms with E-state index in [1.165, 1.54) is 12.8 Å². The Morgan fingerprint density at radius 2 is 2.18 bits per heavy atom. The molecular formula is C22H26N2O3S. The van der Waals surface area contributed by atoms with E-state index in [1.54, 1.807) is 18.4 Å². The molecule has 1 atom stereocenters. The van der Waals surface area contributed by atoms with E-state index in [1.807, 2.05) is 42.6 Å². The van der Waals surface area contributed by atoms with Gasteiger partial charge in [-0.05, 0) is 49.9 Å². The van der Waals surface area contributed by atoms with Crippen LogP contribution in [0.4, 0.5) is 0 Å². The molecule has 1 aromatic carbocycles. The quantitative estimate of drug-likeness (QED) is 0.560. The molecule has 6 heteroatoms. The molecule has 1 fully saturated rings. The molecule has 0 bridgehead atoms. The Hall–Kier alpha value is -2.31. The van der Waals surface area contributed by atoms with Crippen LogP contribution in [0.2, 0.25) is 0 Å². The number of thiophene rings is 1. The van der Waals surface area contributed by atoms with Gasteiger partial charge in [-0.1, -0.05) is 6.07 Å². The van der Waals surface area contributed by atoms with Gasteiger partial charge in [-0.3, -0.25) is 4.90 Å². The largest absolute Gasteiger partial charge is 0.497 e. The summed E-state index contributed by atoms with van der Waals surface area (Å²) < 4.78 is 17.2. The van der Waals surface area contributed by atoms with Crippen molar-refractivity contribution in [2.75, 3.05) is 26.8 Å². The first-order chi connectivity index (χ1) is 13.7. The Morgan fingerprint density at radius 1 is 1.29 bits per heavy atom. The van der Waals surface area contributed by atoms with Crippen molar-refractivity contribution in [3.8, 4) is 23.0 Å². The topological polar surface area (TPSA) is 47.7 Å². The lowest BCUT2D eigenvalue weighted by atomic mass is 9.99. The number of piperidine rings is 1. The molecule has 0 radical (unpaired) electrons. The summed E-state index contributed by atoms with van der Waals surface area (Å²) in [7, 11) is 1.67. The maximum absolute atomic E-state index is 6.02. The minimum Gasteiger partial charge on any atom is -0.497 e. The Balaban J connectivity index is 1.34. The third-order valence-electron chi connectivity index (χ3n) is 5.16. The molecule has 0 N–H and O–H groups in total. The summed E-state index contributed by atoms with van der Waals surface area (Å²) in [5, 5.41) is 4.12. The Labute approximate surface area is 169 Å². The first-order valence-electron chi connectivity index (χ1n) is 9.69. The second kappa shape index (κ2) is 8.80. The predicted octanol–water partition coefficient (Wildman–Crippen LogP) is 5.01. The molecule has 28 heavy (non-hydrogen) atoms. The summed E-state index contributed by atoms with van der Waals surface area (Å²) in [6.45, 7) is 5.67. The first kappa shape index (κ1) is 19.0. The monoisotopic (exact) mass is 398 g/mol. The van der Waals surface area contributed by atoms with Crippen LogP contribution in [-0.4, -0.2) is 36.7 Å². The molecule has 5 nitrogen and oxygen atoms in total. The van der Waals surface area contributed by atoms with Gasteiger partial charge >= 0.3 is 0 Å². The highest BCUT2D eigenvalue weighted by atomic mass is 32.1. The van der Waals surface area contributed by atoms with Gasteiger partial charge in [0.15, 0.2) is 0 Å². The molecule has 2 aromatic heterocycles. The van der Waals surface area contributed by atoms with Crippen LogP contribution in [0.1, 0.15) is 24.3 Å². The van der Waals surface area contributed by atoms with Crippen LogP contribution in [0.15, 0.2) is 45.5 Å². The highest BCUT2D eigenvalue weighted by molar-refractivity contribution is 7.08. The zero-order chi connectivity index (χ0) is 19.3. The van der Waals surface area contributed by atoms with Crippen LogP contribution in [0.3, 0.4) is 0 Å². The smallest absolute Gasteiger partial charge is 0.227 e. The number of methoxy groups -OCH3 is 1. The van der Waals surface area contributed by atoms with Crippen molar-refractivity contribution in [1.82, 2.24) is 9.88 Å². The third-order valence-corrected chi connectivity index (χ3v) is 5.85. The predicted molar refractivity (Wildman–Crippen MR) is 111 cm³/mol. The van der Waals surface area contributed by atoms with E-state index in [4.69, 9.17) is 18.9 Å². The van der Waals surface area contributed by atoms with Gasteiger partial charge in [-0.15, -0.1) is 0 Å². The number of aryl methyl sites for hydroxylation is 1. The molecule has 0 saturated carbocycles. The third kappa shape index (κ3) is 4.56. The van der Waals surface area contributed by atoms with Gasteiger partial charge in [-0.2, -0.15) is 11.3 Å². The lowest BCUT2D eigenvalue weighted by Gasteiger charge is -2.32. The molecule has 1 aliphatic rings. The number of nitrogens with zero attached hydrogens (tertiary/aromatic N) is 2. The molecule has 3 aromatic rings. The van der Waals surface area contributed by atoms with E-state index in [2.05, 4.69) is 10.3 Å². The number of oxazole rings is 1. The van der Waals surface area contributed by atoms with Crippen LogP contribution in [0.25, 0.3) is 11.5 Å². The molecule has 0 amide bonds. The van der Waals surface area contributed by atoms with Crippen LogP contribution < -0.4 is 9.47 Å². The van der Waals surface area contributed by atoms with E-state index in [-0.39, 0.29) is 0 Å². The minimum atomic E-state index is 0.517. The van der Waals surface area contributed by atoms with Gasteiger partial charge in [0.25, 0.3) is 0 Å². The molecule has 3 heterocycles. The van der Waals surface area contributed by atoms with Gasteiger partial charge in [0.05, 0.1) is 19.4 Å². The maximum atomic E-state index is 6.02. The fraction of sp³-hybridized carbons (Fsp3) is 0.409. The fourth-order valence-corrected chi connectivity index (χ4v) is 4.26. The number of rotatable bonds is 7. The van der Waals surface area contributed by atoms with E-state index in [0.29, 0.717) is 5.92 Å². The number of benzene rings is 1. The summed E-state index contributed by atoms with van der Waals surface area (Å²) in [5.74, 6) is 3.85.